The maximum atomic E-state index is 12.2. The van der Waals surface area contributed by atoms with Crippen LogP contribution in [-0.2, 0) is 12.8 Å². The molecule has 2 heterocycles. The van der Waals surface area contributed by atoms with E-state index in [0.717, 1.165) is 18.5 Å². The number of aryl methyl sites for hydroxylation is 3. The molecule has 0 fully saturated rings. The Labute approximate surface area is 121 Å². The largest absolute Gasteiger partial charge is 0.361 e. The molecule has 0 saturated carbocycles. The molecule has 1 aliphatic carbocycles. The molecule has 3 rings (SSSR count). The predicted octanol–water partition coefficient (Wildman–Crippen LogP) is 3.13. The minimum atomic E-state index is -0.194. The Kier molecular flexibility index (Phi) is 3.33. The number of nitrogens with one attached hydrogen (secondary N) is 1. The van der Waals surface area contributed by atoms with Crippen LogP contribution in [0.5, 0.6) is 0 Å². The van der Waals surface area contributed by atoms with Gasteiger partial charge < -0.3 is 4.52 Å². The van der Waals surface area contributed by atoms with Gasteiger partial charge in [-0.05, 0) is 39.0 Å². The zero-order chi connectivity index (χ0) is 14.3. The summed E-state index contributed by atoms with van der Waals surface area (Å²) >= 11 is 1.58. The molecule has 1 N–H and O–H groups in total. The number of carbonyl (C=O) groups excluding carboxylic acids is 1. The number of hydrogen-bond donors (Lipinski definition) is 1. The lowest BCUT2D eigenvalue weighted by Crippen LogP contribution is -2.13. The van der Waals surface area contributed by atoms with Gasteiger partial charge in [0.25, 0.3) is 5.91 Å². The molecule has 2 aromatic heterocycles. The number of amides is 1. The zero-order valence-electron chi connectivity index (χ0n) is 11.8. The molecule has 0 saturated heterocycles. The SMILES string of the molecule is Cc1noc(C)c1C(=O)Nc1nc2c(s1)C[C@H](C)CC2. The molecule has 2 aromatic rings. The van der Waals surface area contributed by atoms with Crippen molar-refractivity contribution in [2.75, 3.05) is 5.32 Å². The molecule has 6 heteroatoms. The van der Waals surface area contributed by atoms with Gasteiger partial charge in [-0.15, -0.1) is 11.3 Å². The van der Waals surface area contributed by atoms with Gasteiger partial charge >= 0.3 is 0 Å². The second-order valence-corrected chi connectivity index (χ2v) is 6.47. The monoisotopic (exact) mass is 291 g/mol. The van der Waals surface area contributed by atoms with Crippen LogP contribution in [0.4, 0.5) is 5.13 Å². The summed E-state index contributed by atoms with van der Waals surface area (Å²) in [6, 6.07) is 0. The van der Waals surface area contributed by atoms with Gasteiger partial charge in [0.1, 0.15) is 11.3 Å². The Morgan fingerprint density at radius 2 is 2.25 bits per heavy atom. The standard InChI is InChI=1S/C14H17N3O2S/c1-7-4-5-10-11(6-7)20-14(15-10)16-13(18)12-8(2)17-19-9(12)3/h7H,4-6H2,1-3H3,(H,15,16,18)/t7-/m1/s1. The first-order valence-electron chi connectivity index (χ1n) is 6.77. The van der Waals surface area contributed by atoms with Gasteiger partial charge in [0, 0.05) is 4.88 Å². The summed E-state index contributed by atoms with van der Waals surface area (Å²) < 4.78 is 5.02. The van der Waals surface area contributed by atoms with Gasteiger partial charge in [0.15, 0.2) is 5.13 Å². The molecule has 0 spiro atoms. The smallest absolute Gasteiger partial charge is 0.262 e. The van der Waals surface area contributed by atoms with Gasteiger partial charge in [-0.1, -0.05) is 12.1 Å². The number of carbonyl (C=O) groups is 1. The van der Waals surface area contributed by atoms with Crippen LogP contribution in [-0.4, -0.2) is 16.0 Å². The van der Waals surface area contributed by atoms with E-state index in [4.69, 9.17) is 4.52 Å². The maximum absolute atomic E-state index is 12.2. The van der Waals surface area contributed by atoms with Crippen molar-refractivity contribution in [3.63, 3.8) is 0 Å². The number of aromatic nitrogens is 2. The second kappa shape index (κ2) is 5.01. The van der Waals surface area contributed by atoms with Crippen molar-refractivity contribution >= 4 is 22.4 Å². The minimum Gasteiger partial charge on any atom is -0.361 e. The van der Waals surface area contributed by atoms with E-state index in [-0.39, 0.29) is 5.91 Å². The summed E-state index contributed by atoms with van der Waals surface area (Å²) in [5.41, 5.74) is 2.25. The molecule has 1 aliphatic rings. The quantitative estimate of drug-likeness (QED) is 0.923. The molecule has 1 atom stereocenters. The third kappa shape index (κ3) is 2.35. The van der Waals surface area contributed by atoms with Crippen molar-refractivity contribution < 1.29 is 9.32 Å². The second-order valence-electron chi connectivity index (χ2n) is 5.39. The third-order valence-electron chi connectivity index (χ3n) is 3.67. The molecule has 0 bridgehead atoms. The Balaban J connectivity index is 1.80. The van der Waals surface area contributed by atoms with Crippen LogP contribution in [0, 0.1) is 19.8 Å². The highest BCUT2D eigenvalue weighted by atomic mass is 32.1. The van der Waals surface area contributed by atoms with Crippen molar-refractivity contribution in [2.45, 2.75) is 40.0 Å². The first-order valence-corrected chi connectivity index (χ1v) is 7.59. The molecule has 5 nitrogen and oxygen atoms in total. The Bertz CT molecular complexity index is 640. The van der Waals surface area contributed by atoms with E-state index in [9.17, 15) is 4.79 Å². The average molecular weight is 291 g/mol. The predicted molar refractivity (Wildman–Crippen MR) is 77.2 cm³/mol. The van der Waals surface area contributed by atoms with Crippen LogP contribution in [0.3, 0.4) is 0 Å². The van der Waals surface area contributed by atoms with Crippen molar-refractivity contribution in [3.05, 3.63) is 27.6 Å². The summed E-state index contributed by atoms with van der Waals surface area (Å²) in [6.07, 6.45) is 3.25. The van der Waals surface area contributed by atoms with Crippen LogP contribution < -0.4 is 5.32 Å². The molecule has 106 valence electrons. The van der Waals surface area contributed by atoms with Crippen LogP contribution >= 0.6 is 11.3 Å². The normalized spacial score (nSPS) is 17.9. The fraction of sp³-hybridized carbons (Fsp3) is 0.500. The summed E-state index contributed by atoms with van der Waals surface area (Å²) in [5, 5.41) is 7.34. The van der Waals surface area contributed by atoms with E-state index in [0.29, 0.717) is 28.1 Å². The summed E-state index contributed by atoms with van der Waals surface area (Å²) in [5.74, 6) is 1.05. The van der Waals surface area contributed by atoms with Gasteiger partial charge in [-0.3, -0.25) is 10.1 Å². The lowest BCUT2D eigenvalue weighted by atomic mass is 9.93. The topological polar surface area (TPSA) is 68.0 Å². The van der Waals surface area contributed by atoms with E-state index in [1.165, 1.54) is 11.3 Å². The molecule has 0 aromatic carbocycles. The molecule has 0 unspecified atom stereocenters. The van der Waals surface area contributed by atoms with Crippen LogP contribution in [0.25, 0.3) is 0 Å². The van der Waals surface area contributed by atoms with Crippen LogP contribution in [0.15, 0.2) is 4.52 Å². The van der Waals surface area contributed by atoms with Crippen molar-refractivity contribution in [3.8, 4) is 0 Å². The number of nitrogens with zero attached hydrogens (tertiary/aromatic N) is 2. The lowest BCUT2D eigenvalue weighted by Gasteiger charge is -2.15. The number of anilines is 1. The molecular formula is C14H17N3O2S. The Morgan fingerprint density at radius 3 is 2.95 bits per heavy atom. The number of fused-ring (bicyclic) bond motifs is 1. The molecule has 20 heavy (non-hydrogen) atoms. The van der Waals surface area contributed by atoms with Gasteiger partial charge in [-0.2, -0.15) is 0 Å². The van der Waals surface area contributed by atoms with E-state index in [2.05, 4.69) is 22.4 Å². The average Bonchev–Trinajstić information content (AvgIpc) is 2.92. The molecule has 0 aliphatic heterocycles. The van der Waals surface area contributed by atoms with E-state index < -0.39 is 0 Å². The van der Waals surface area contributed by atoms with Gasteiger partial charge in [0.2, 0.25) is 0 Å². The van der Waals surface area contributed by atoms with Crippen LogP contribution in [0.2, 0.25) is 0 Å². The number of rotatable bonds is 2. The van der Waals surface area contributed by atoms with E-state index in [1.54, 1.807) is 25.2 Å². The highest BCUT2D eigenvalue weighted by molar-refractivity contribution is 7.15. The number of hydrogen-bond acceptors (Lipinski definition) is 5. The van der Waals surface area contributed by atoms with Crippen molar-refractivity contribution in [1.29, 1.82) is 0 Å². The van der Waals surface area contributed by atoms with E-state index >= 15 is 0 Å². The summed E-state index contributed by atoms with van der Waals surface area (Å²) in [7, 11) is 0. The minimum absolute atomic E-state index is 0.194. The highest BCUT2D eigenvalue weighted by Crippen LogP contribution is 2.32. The zero-order valence-corrected chi connectivity index (χ0v) is 12.6. The maximum Gasteiger partial charge on any atom is 0.262 e. The highest BCUT2D eigenvalue weighted by Gasteiger charge is 2.22. The Hall–Kier alpha value is -1.69. The molecule has 1 amide bonds. The fourth-order valence-corrected chi connectivity index (χ4v) is 3.73. The van der Waals surface area contributed by atoms with E-state index in [1.807, 2.05) is 0 Å². The van der Waals surface area contributed by atoms with Crippen molar-refractivity contribution in [1.82, 2.24) is 10.1 Å². The van der Waals surface area contributed by atoms with Crippen molar-refractivity contribution in [2.24, 2.45) is 5.92 Å². The van der Waals surface area contributed by atoms with Gasteiger partial charge in [0.05, 0.1) is 11.4 Å². The number of thiazole rings is 1. The summed E-state index contributed by atoms with van der Waals surface area (Å²) in [6.45, 7) is 5.76. The first kappa shape index (κ1) is 13.3. The molecule has 0 radical (unpaired) electrons. The Morgan fingerprint density at radius 1 is 1.45 bits per heavy atom. The third-order valence-corrected chi connectivity index (χ3v) is 4.70. The fourth-order valence-electron chi connectivity index (χ4n) is 2.56. The molecular weight excluding hydrogens is 274 g/mol. The lowest BCUT2D eigenvalue weighted by molar-refractivity contribution is 0.102. The first-order chi connectivity index (χ1) is 9.54. The van der Waals surface area contributed by atoms with Crippen LogP contribution in [0.1, 0.15) is 45.7 Å². The summed E-state index contributed by atoms with van der Waals surface area (Å²) in [4.78, 5) is 18.1. The van der Waals surface area contributed by atoms with Gasteiger partial charge in [-0.25, -0.2) is 4.98 Å².